The number of aromatic nitrogens is 3. The van der Waals surface area contributed by atoms with Gasteiger partial charge in [0, 0.05) is 49.1 Å². The lowest BCUT2D eigenvalue weighted by molar-refractivity contribution is -0.384. The molecule has 0 saturated carbocycles. The Balaban J connectivity index is 1.45. The second kappa shape index (κ2) is 10.6. The van der Waals surface area contributed by atoms with Crippen molar-refractivity contribution in [2.75, 3.05) is 49.3 Å². The van der Waals surface area contributed by atoms with Gasteiger partial charge in [0.05, 0.1) is 28.3 Å². The Morgan fingerprint density at radius 3 is 2.52 bits per heavy atom. The van der Waals surface area contributed by atoms with E-state index < -0.39 is 16.3 Å². The maximum absolute atomic E-state index is 14.1. The van der Waals surface area contributed by atoms with Crippen molar-refractivity contribution in [2.45, 2.75) is 31.9 Å². The summed E-state index contributed by atoms with van der Waals surface area (Å²) < 4.78 is 19.7. The summed E-state index contributed by atoms with van der Waals surface area (Å²) in [4.78, 5) is 28.7. The molecule has 0 spiro atoms. The molecule has 2 aromatic carbocycles. The van der Waals surface area contributed by atoms with Gasteiger partial charge in [-0.25, -0.2) is 14.4 Å². The standard InChI is InChI=1S/C26H30ClFN8O4/c1-26(2,37)15-7-17(28)16(27)8-18(15)31-24-29-13-30-25(33-24)32-19-9-21(36(38)39)20(10-23(19)40-4)35-6-5-14-11-34(3)12-22(14)35/h7-10,13-14,22,37H,5-6,11-12H2,1-4H3,(H2,29,30,31,32,33)/t14-,22+/m1/s1. The molecular weight excluding hydrogens is 543 g/mol. The van der Waals surface area contributed by atoms with Gasteiger partial charge in [-0.15, -0.1) is 0 Å². The Labute approximate surface area is 235 Å². The Morgan fingerprint density at radius 1 is 1.18 bits per heavy atom. The Kier molecular flexibility index (Phi) is 7.38. The zero-order valence-electron chi connectivity index (χ0n) is 22.5. The van der Waals surface area contributed by atoms with Crippen molar-refractivity contribution in [3.05, 3.63) is 57.1 Å². The van der Waals surface area contributed by atoms with Crippen LogP contribution in [-0.4, -0.2) is 69.7 Å². The molecule has 3 N–H and O–H groups in total. The number of hydrogen-bond acceptors (Lipinski definition) is 11. The molecule has 0 bridgehead atoms. The number of ether oxygens (including phenoxy) is 1. The van der Waals surface area contributed by atoms with Gasteiger partial charge < -0.3 is 30.3 Å². The van der Waals surface area contributed by atoms with Crippen molar-refractivity contribution >= 4 is 46.2 Å². The third-order valence-corrected chi connectivity index (χ3v) is 7.61. The fourth-order valence-electron chi connectivity index (χ4n) is 5.49. The maximum Gasteiger partial charge on any atom is 0.294 e. The summed E-state index contributed by atoms with van der Waals surface area (Å²) in [5, 5.41) is 28.4. The topological polar surface area (TPSA) is 142 Å². The van der Waals surface area contributed by atoms with Gasteiger partial charge in [-0.3, -0.25) is 10.1 Å². The third-order valence-electron chi connectivity index (χ3n) is 7.32. The Bertz CT molecular complexity index is 1450. The van der Waals surface area contributed by atoms with E-state index in [-0.39, 0.29) is 34.2 Å². The number of nitro groups is 1. The molecule has 0 unspecified atom stereocenters. The van der Waals surface area contributed by atoms with E-state index in [1.807, 2.05) is 0 Å². The van der Waals surface area contributed by atoms with Gasteiger partial charge in [0.1, 0.15) is 23.6 Å². The van der Waals surface area contributed by atoms with Crippen molar-refractivity contribution in [1.82, 2.24) is 19.9 Å². The van der Waals surface area contributed by atoms with Crippen LogP contribution in [0.4, 0.5) is 39.0 Å². The van der Waals surface area contributed by atoms with Gasteiger partial charge in [0.25, 0.3) is 5.69 Å². The molecule has 5 rings (SSSR count). The second-order valence-electron chi connectivity index (χ2n) is 10.6. The molecule has 2 fully saturated rings. The number of fused-ring (bicyclic) bond motifs is 1. The summed E-state index contributed by atoms with van der Waals surface area (Å²) in [7, 11) is 3.55. The van der Waals surface area contributed by atoms with Gasteiger partial charge in [0.15, 0.2) is 0 Å². The zero-order valence-corrected chi connectivity index (χ0v) is 23.2. The molecular formula is C26H30ClFN8O4. The summed E-state index contributed by atoms with van der Waals surface area (Å²) in [5.41, 5.74) is -0.0809. The molecule has 0 radical (unpaired) electrons. The average molecular weight is 573 g/mol. The Morgan fingerprint density at radius 2 is 1.88 bits per heavy atom. The minimum absolute atomic E-state index is 0.0540. The highest BCUT2D eigenvalue weighted by molar-refractivity contribution is 6.31. The van der Waals surface area contributed by atoms with Crippen LogP contribution in [0, 0.1) is 21.8 Å². The number of halogens is 2. The number of benzene rings is 2. The Hall–Kier alpha value is -3.81. The first-order chi connectivity index (χ1) is 18.9. The van der Waals surface area contributed by atoms with E-state index in [4.69, 9.17) is 16.3 Å². The van der Waals surface area contributed by atoms with E-state index in [1.165, 1.54) is 39.4 Å². The van der Waals surface area contributed by atoms with E-state index in [0.717, 1.165) is 32.1 Å². The number of hydrogen-bond donors (Lipinski definition) is 3. The van der Waals surface area contributed by atoms with Crippen LogP contribution < -0.4 is 20.3 Å². The first kappa shape index (κ1) is 27.7. The number of likely N-dealkylation sites (N-methyl/N-ethyl adjacent to an activating group) is 1. The smallest absolute Gasteiger partial charge is 0.294 e. The van der Waals surface area contributed by atoms with Crippen LogP contribution in [0.3, 0.4) is 0 Å². The van der Waals surface area contributed by atoms with Crippen LogP contribution in [0.15, 0.2) is 30.6 Å². The van der Waals surface area contributed by atoms with Crippen LogP contribution >= 0.6 is 11.6 Å². The molecule has 2 aliphatic rings. The van der Waals surface area contributed by atoms with Crippen molar-refractivity contribution < 1.29 is 19.2 Å². The lowest BCUT2D eigenvalue weighted by Gasteiger charge is -2.27. The summed E-state index contributed by atoms with van der Waals surface area (Å²) in [6.07, 6.45) is 2.21. The van der Waals surface area contributed by atoms with E-state index in [2.05, 4.69) is 42.4 Å². The number of methoxy groups -OCH3 is 1. The molecule has 0 amide bonds. The van der Waals surface area contributed by atoms with Gasteiger partial charge in [-0.05, 0) is 45.4 Å². The predicted octanol–water partition coefficient (Wildman–Crippen LogP) is 4.44. The van der Waals surface area contributed by atoms with E-state index in [1.54, 1.807) is 6.07 Å². The van der Waals surface area contributed by atoms with E-state index in [0.29, 0.717) is 28.7 Å². The zero-order chi connectivity index (χ0) is 28.8. The van der Waals surface area contributed by atoms with Gasteiger partial charge in [-0.1, -0.05) is 11.6 Å². The second-order valence-corrected chi connectivity index (χ2v) is 11.0. The van der Waals surface area contributed by atoms with Crippen molar-refractivity contribution in [3.63, 3.8) is 0 Å². The lowest BCUT2D eigenvalue weighted by atomic mass is 9.96. The van der Waals surface area contributed by atoms with Crippen LogP contribution in [0.2, 0.25) is 5.02 Å². The predicted molar refractivity (Wildman–Crippen MR) is 149 cm³/mol. The minimum atomic E-state index is -1.39. The molecule has 3 aromatic rings. The molecule has 0 aliphatic carbocycles. The van der Waals surface area contributed by atoms with Crippen LogP contribution in [0.25, 0.3) is 0 Å². The number of rotatable bonds is 8. The largest absolute Gasteiger partial charge is 0.494 e. The molecule has 12 nitrogen and oxygen atoms in total. The highest BCUT2D eigenvalue weighted by Crippen LogP contribution is 2.44. The highest BCUT2D eigenvalue weighted by Gasteiger charge is 2.42. The van der Waals surface area contributed by atoms with Crippen molar-refractivity contribution in [3.8, 4) is 5.75 Å². The van der Waals surface area contributed by atoms with E-state index in [9.17, 15) is 19.6 Å². The number of nitrogens with one attached hydrogen (secondary N) is 2. The van der Waals surface area contributed by atoms with Crippen molar-refractivity contribution in [1.29, 1.82) is 0 Å². The summed E-state index contributed by atoms with van der Waals surface area (Å²) in [6.45, 7) is 5.58. The first-order valence-electron chi connectivity index (χ1n) is 12.7. The summed E-state index contributed by atoms with van der Waals surface area (Å²) >= 11 is 5.97. The SMILES string of the molecule is COc1cc(N2CC[C@@H]3CN(C)C[C@@H]32)c([N+](=O)[O-])cc1Nc1ncnc(Nc2cc(Cl)c(F)cc2C(C)(C)O)n1. The molecule has 212 valence electrons. The van der Waals surface area contributed by atoms with Crippen LogP contribution in [-0.2, 0) is 5.60 Å². The monoisotopic (exact) mass is 572 g/mol. The van der Waals surface area contributed by atoms with Crippen molar-refractivity contribution in [2.24, 2.45) is 5.92 Å². The molecule has 1 aromatic heterocycles. The minimum Gasteiger partial charge on any atom is -0.494 e. The van der Waals surface area contributed by atoms with Gasteiger partial charge >= 0.3 is 0 Å². The normalized spacial score (nSPS) is 19.0. The molecule has 2 atom stereocenters. The lowest BCUT2D eigenvalue weighted by Crippen LogP contribution is -2.34. The van der Waals surface area contributed by atoms with Gasteiger partial charge in [0.2, 0.25) is 11.9 Å². The molecule has 2 saturated heterocycles. The molecule has 3 heterocycles. The molecule has 14 heteroatoms. The average Bonchev–Trinajstić information content (AvgIpc) is 3.44. The number of likely N-dealkylation sites (tertiary alicyclic amines) is 1. The molecule has 2 aliphatic heterocycles. The third kappa shape index (κ3) is 5.44. The number of nitro benzene ring substituents is 1. The number of aliphatic hydroxyl groups is 1. The van der Waals surface area contributed by atoms with Crippen LogP contribution in [0.5, 0.6) is 5.75 Å². The van der Waals surface area contributed by atoms with Crippen LogP contribution in [0.1, 0.15) is 25.8 Å². The van der Waals surface area contributed by atoms with E-state index >= 15 is 0 Å². The highest BCUT2D eigenvalue weighted by atomic mass is 35.5. The number of anilines is 5. The fraction of sp³-hybridized carbons (Fsp3) is 0.423. The number of nitrogens with zero attached hydrogens (tertiary/aromatic N) is 6. The quantitative estimate of drug-likeness (QED) is 0.260. The fourth-order valence-corrected chi connectivity index (χ4v) is 5.65. The maximum atomic E-state index is 14.1. The summed E-state index contributed by atoms with van der Waals surface area (Å²) in [6, 6.07) is 5.78. The molecule has 40 heavy (non-hydrogen) atoms. The summed E-state index contributed by atoms with van der Waals surface area (Å²) in [5.74, 6) is 0.333. The first-order valence-corrected chi connectivity index (χ1v) is 13.1. The van der Waals surface area contributed by atoms with Gasteiger partial charge in [-0.2, -0.15) is 4.98 Å².